The highest BCUT2D eigenvalue weighted by atomic mass is 35.5. The first-order valence-electron chi connectivity index (χ1n) is 10.00. The number of rotatable bonds is 5. The van der Waals surface area contributed by atoms with Crippen molar-refractivity contribution in [2.45, 2.75) is 13.3 Å². The summed E-state index contributed by atoms with van der Waals surface area (Å²) in [5.74, 6) is 0.508. The molecule has 0 saturated carbocycles. The second-order valence-corrected chi connectivity index (χ2v) is 7.86. The molecule has 1 saturated heterocycles. The zero-order valence-electron chi connectivity index (χ0n) is 17.5. The van der Waals surface area contributed by atoms with Crippen molar-refractivity contribution in [2.75, 3.05) is 43.5 Å². The lowest BCUT2D eigenvalue weighted by molar-refractivity contribution is -0.131. The molecule has 1 fully saturated rings. The number of methoxy groups -OCH3 is 1. The molecule has 2 amide bonds. The van der Waals surface area contributed by atoms with Gasteiger partial charge in [0.25, 0.3) is 5.91 Å². The summed E-state index contributed by atoms with van der Waals surface area (Å²) in [5.41, 5.74) is 2.07. The number of ether oxygens (including phenoxy) is 1. The minimum Gasteiger partial charge on any atom is -0.497 e. The standard InChI is InChI=1S/C22H25ClN4O3S/c1-3-20(28)27-12-10-26(11-13-27)19-9-6-16(23)14-18(19)24-22(31)25-21(29)15-4-7-17(30-2)8-5-15/h4-9,14H,3,10-13H2,1-2H3,(H2,24,25,29,31). The Morgan fingerprint density at radius 1 is 1.10 bits per heavy atom. The first-order chi connectivity index (χ1) is 14.9. The molecule has 0 aromatic heterocycles. The monoisotopic (exact) mass is 460 g/mol. The summed E-state index contributed by atoms with van der Waals surface area (Å²) in [6.45, 7) is 4.60. The van der Waals surface area contributed by atoms with E-state index in [-0.39, 0.29) is 16.9 Å². The van der Waals surface area contributed by atoms with Gasteiger partial charge in [0.1, 0.15) is 5.75 Å². The second-order valence-electron chi connectivity index (χ2n) is 7.02. The third kappa shape index (κ3) is 5.86. The Morgan fingerprint density at radius 3 is 2.39 bits per heavy atom. The van der Waals surface area contributed by atoms with Crippen molar-refractivity contribution in [3.63, 3.8) is 0 Å². The summed E-state index contributed by atoms with van der Waals surface area (Å²) in [6.07, 6.45) is 0.510. The van der Waals surface area contributed by atoms with Crippen molar-refractivity contribution in [3.8, 4) is 5.75 Å². The SMILES string of the molecule is CCC(=O)N1CCN(c2ccc(Cl)cc2NC(=S)NC(=O)c2ccc(OC)cc2)CC1. The van der Waals surface area contributed by atoms with Gasteiger partial charge in [-0.15, -0.1) is 0 Å². The van der Waals surface area contributed by atoms with E-state index in [4.69, 9.17) is 28.6 Å². The van der Waals surface area contributed by atoms with Crippen LogP contribution in [0.15, 0.2) is 42.5 Å². The summed E-state index contributed by atoms with van der Waals surface area (Å²) < 4.78 is 5.11. The summed E-state index contributed by atoms with van der Waals surface area (Å²) in [5, 5.41) is 6.49. The fourth-order valence-electron chi connectivity index (χ4n) is 3.38. The zero-order valence-corrected chi connectivity index (χ0v) is 19.1. The lowest BCUT2D eigenvalue weighted by Gasteiger charge is -2.37. The van der Waals surface area contributed by atoms with Crippen LogP contribution in [0, 0.1) is 0 Å². The van der Waals surface area contributed by atoms with Gasteiger partial charge in [-0.3, -0.25) is 14.9 Å². The maximum atomic E-state index is 12.5. The number of nitrogens with one attached hydrogen (secondary N) is 2. The van der Waals surface area contributed by atoms with E-state index in [0.717, 1.165) is 5.69 Å². The number of carbonyl (C=O) groups excluding carboxylic acids is 2. The fraction of sp³-hybridized carbons (Fsp3) is 0.318. The average molecular weight is 461 g/mol. The quantitative estimate of drug-likeness (QED) is 0.665. The summed E-state index contributed by atoms with van der Waals surface area (Å²) in [7, 11) is 1.57. The van der Waals surface area contributed by atoms with Crippen LogP contribution in [0.25, 0.3) is 0 Å². The van der Waals surface area contributed by atoms with E-state index in [9.17, 15) is 9.59 Å². The van der Waals surface area contributed by atoms with E-state index in [1.54, 1.807) is 37.4 Å². The topological polar surface area (TPSA) is 73.9 Å². The third-order valence-electron chi connectivity index (χ3n) is 5.06. The van der Waals surface area contributed by atoms with Crippen molar-refractivity contribution in [1.29, 1.82) is 0 Å². The number of hydrogen-bond acceptors (Lipinski definition) is 5. The predicted octanol–water partition coefficient (Wildman–Crippen LogP) is 3.53. The Labute approximate surface area is 192 Å². The number of piperazine rings is 1. The molecule has 2 aromatic rings. The highest BCUT2D eigenvalue weighted by Gasteiger charge is 2.22. The number of nitrogens with zero attached hydrogens (tertiary/aromatic N) is 2. The zero-order chi connectivity index (χ0) is 22.4. The van der Waals surface area contributed by atoms with Gasteiger partial charge >= 0.3 is 0 Å². The van der Waals surface area contributed by atoms with Crippen LogP contribution in [-0.4, -0.2) is 55.1 Å². The molecule has 3 rings (SSSR count). The Bertz CT molecular complexity index is 960. The van der Waals surface area contributed by atoms with E-state index < -0.39 is 0 Å². The number of hydrogen-bond donors (Lipinski definition) is 2. The second kappa shape index (κ2) is 10.5. The van der Waals surface area contributed by atoms with Gasteiger partial charge < -0.3 is 19.9 Å². The normalized spacial score (nSPS) is 13.5. The van der Waals surface area contributed by atoms with Gasteiger partial charge in [0, 0.05) is 43.2 Å². The molecule has 7 nitrogen and oxygen atoms in total. The van der Waals surface area contributed by atoms with E-state index in [1.165, 1.54) is 0 Å². The highest BCUT2D eigenvalue weighted by Crippen LogP contribution is 2.30. The Hall–Kier alpha value is -2.84. The summed E-state index contributed by atoms with van der Waals surface area (Å²) >= 11 is 11.6. The van der Waals surface area contributed by atoms with E-state index in [2.05, 4.69) is 15.5 Å². The first-order valence-corrected chi connectivity index (χ1v) is 10.8. The van der Waals surface area contributed by atoms with Gasteiger partial charge in [0.15, 0.2) is 5.11 Å². The lowest BCUT2D eigenvalue weighted by Crippen LogP contribution is -2.48. The molecule has 31 heavy (non-hydrogen) atoms. The number of carbonyl (C=O) groups is 2. The van der Waals surface area contributed by atoms with Crippen molar-refractivity contribution in [1.82, 2.24) is 10.2 Å². The van der Waals surface area contributed by atoms with Crippen LogP contribution >= 0.6 is 23.8 Å². The molecule has 1 aliphatic rings. The predicted molar refractivity (Wildman–Crippen MR) is 127 cm³/mol. The molecule has 9 heteroatoms. The number of halogens is 1. The number of thiocarbonyl (C=S) groups is 1. The van der Waals surface area contributed by atoms with Crippen LogP contribution in [0.5, 0.6) is 5.75 Å². The largest absolute Gasteiger partial charge is 0.497 e. The van der Waals surface area contributed by atoms with Crippen LogP contribution in [0.4, 0.5) is 11.4 Å². The van der Waals surface area contributed by atoms with Gasteiger partial charge in [0.2, 0.25) is 5.91 Å². The average Bonchev–Trinajstić information content (AvgIpc) is 2.78. The molecule has 0 bridgehead atoms. The van der Waals surface area contributed by atoms with Crippen LogP contribution in [-0.2, 0) is 4.79 Å². The van der Waals surface area contributed by atoms with E-state index in [0.29, 0.717) is 54.6 Å². The van der Waals surface area contributed by atoms with Gasteiger partial charge in [-0.1, -0.05) is 18.5 Å². The van der Waals surface area contributed by atoms with Crippen molar-refractivity contribution >= 4 is 52.1 Å². The lowest BCUT2D eigenvalue weighted by atomic mass is 10.2. The molecule has 2 aromatic carbocycles. The first kappa shape index (κ1) is 22.8. The Kier molecular flexibility index (Phi) is 7.70. The minimum absolute atomic E-state index is 0.163. The number of anilines is 2. The maximum Gasteiger partial charge on any atom is 0.257 e. The van der Waals surface area contributed by atoms with Crippen molar-refractivity contribution in [2.24, 2.45) is 0 Å². The molecule has 0 unspecified atom stereocenters. The maximum absolute atomic E-state index is 12.5. The molecule has 1 aliphatic heterocycles. The fourth-order valence-corrected chi connectivity index (χ4v) is 3.75. The molecule has 164 valence electrons. The summed E-state index contributed by atoms with van der Waals surface area (Å²) in [6, 6.07) is 12.2. The van der Waals surface area contributed by atoms with Gasteiger partial charge in [-0.05, 0) is 54.7 Å². The molecule has 0 spiro atoms. The molecular formula is C22H25ClN4O3S. The van der Waals surface area contributed by atoms with Gasteiger partial charge in [0.05, 0.1) is 18.5 Å². The third-order valence-corrected chi connectivity index (χ3v) is 5.50. The van der Waals surface area contributed by atoms with Crippen LogP contribution in [0.3, 0.4) is 0 Å². The van der Waals surface area contributed by atoms with E-state index >= 15 is 0 Å². The Balaban J connectivity index is 1.67. The highest BCUT2D eigenvalue weighted by molar-refractivity contribution is 7.80. The molecule has 2 N–H and O–H groups in total. The minimum atomic E-state index is -0.324. The molecule has 1 heterocycles. The van der Waals surface area contributed by atoms with Gasteiger partial charge in [-0.2, -0.15) is 0 Å². The molecule has 0 atom stereocenters. The Morgan fingerprint density at radius 2 is 1.77 bits per heavy atom. The van der Waals surface area contributed by atoms with E-state index in [1.807, 2.05) is 24.0 Å². The smallest absolute Gasteiger partial charge is 0.257 e. The van der Waals surface area contributed by atoms with Crippen LogP contribution in [0.1, 0.15) is 23.7 Å². The van der Waals surface area contributed by atoms with Crippen molar-refractivity contribution < 1.29 is 14.3 Å². The summed E-state index contributed by atoms with van der Waals surface area (Å²) in [4.78, 5) is 28.5. The van der Waals surface area contributed by atoms with Crippen molar-refractivity contribution in [3.05, 3.63) is 53.1 Å². The molecule has 0 aliphatic carbocycles. The number of amides is 2. The van der Waals surface area contributed by atoms with Crippen LogP contribution < -0.4 is 20.3 Å². The number of benzene rings is 2. The van der Waals surface area contributed by atoms with Crippen LogP contribution in [0.2, 0.25) is 5.02 Å². The molecule has 0 radical (unpaired) electrons. The molecular weight excluding hydrogens is 436 g/mol. The van der Waals surface area contributed by atoms with Gasteiger partial charge in [-0.25, -0.2) is 0 Å².